The van der Waals surface area contributed by atoms with Crippen molar-refractivity contribution in [3.8, 4) is 5.88 Å². The topological polar surface area (TPSA) is 173 Å². The molecule has 274 valence electrons. The highest BCUT2D eigenvalue weighted by molar-refractivity contribution is 7.91. The van der Waals surface area contributed by atoms with Crippen molar-refractivity contribution in [2.24, 2.45) is 11.3 Å². The molecule has 1 saturated heterocycles. The van der Waals surface area contributed by atoms with Crippen LogP contribution in [0.1, 0.15) is 77.7 Å². The molecule has 0 spiro atoms. The Kier molecular flexibility index (Phi) is 10.2. The Bertz CT molecular complexity index is 1850. The summed E-state index contributed by atoms with van der Waals surface area (Å²) in [6.07, 6.45) is 8.39. The van der Waals surface area contributed by atoms with Gasteiger partial charge >= 0.3 is 6.09 Å². The number of alkyl carbamates (subject to hydrolysis) is 1. The number of carbonyl (C=O) groups excluding carboxylic acids is 4. The van der Waals surface area contributed by atoms with Crippen molar-refractivity contribution in [1.82, 2.24) is 25.2 Å². The molecule has 2 aliphatic heterocycles. The van der Waals surface area contributed by atoms with Gasteiger partial charge in [0.15, 0.2) is 0 Å². The Labute approximate surface area is 298 Å². The summed E-state index contributed by atoms with van der Waals surface area (Å²) in [5.74, 6) is -2.16. The van der Waals surface area contributed by atoms with Gasteiger partial charge in [-0.25, -0.2) is 18.2 Å². The first-order chi connectivity index (χ1) is 24.2. The van der Waals surface area contributed by atoms with Crippen molar-refractivity contribution in [1.29, 1.82) is 0 Å². The van der Waals surface area contributed by atoms with E-state index in [1.54, 1.807) is 20.8 Å². The predicted molar refractivity (Wildman–Crippen MR) is 191 cm³/mol. The summed E-state index contributed by atoms with van der Waals surface area (Å²) in [5, 5.41) is 5.84. The SMILES string of the molecule is C=C[C@@H]1C[C@]1(NC(=O)[C@@H]1C[C@@H]2CN1C(=O)[C@H](C(C)(C)C)NC(=O)OCCCCCC=Cc1cc3ccccc3nc1O2)C(=O)NS(=O)(=O)C1CC1. The van der Waals surface area contributed by atoms with E-state index in [4.69, 9.17) is 14.5 Å². The Morgan fingerprint density at radius 2 is 1.90 bits per heavy atom. The lowest BCUT2D eigenvalue weighted by Gasteiger charge is -2.35. The monoisotopic (exact) mass is 721 g/mol. The first-order valence-corrected chi connectivity index (χ1v) is 19.2. The third-order valence-electron chi connectivity index (χ3n) is 10.0. The van der Waals surface area contributed by atoms with Crippen LogP contribution < -0.4 is 20.1 Å². The van der Waals surface area contributed by atoms with Crippen LogP contribution in [0, 0.1) is 11.3 Å². The van der Waals surface area contributed by atoms with Crippen LogP contribution in [0.2, 0.25) is 0 Å². The lowest BCUT2D eigenvalue weighted by Crippen LogP contribution is -2.60. The summed E-state index contributed by atoms with van der Waals surface area (Å²) in [5.41, 5.74) is -0.842. The van der Waals surface area contributed by atoms with Gasteiger partial charge < -0.3 is 25.0 Å². The van der Waals surface area contributed by atoms with Crippen molar-refractivity contribution >= 4 is 50.8 Å². The van der Waals surface area contributed by atoms with Crippen molar-refractivity contribution in [3.05, 3.63) is 54.6 Å². The first-order valence-electron chi connectivity index (χ1n) is 17.7. The third-order valence-corrected chi connectivity index (χ3v) is 11.8. The maximum Gasteiger partial charge on any atom is 0.407 e. The molecule has 2 aromatic rings. The number of amides is 4. The zero-order valence-electron chi connectivity index (χ0n) is 29.4. The summed E-state index contributed by atoms with van der Waals surface area (Å²) in [7, 11) is -3.89. The average Bonchev–Trinajstić information content (AvgIpc) is 4.00. The Balaban J connectivity index is 1.33. The number of benzene rings is 1. The van der Waals surface area contributed by atoms with E-state index in [1.807, 2.05) is 42.5 Å². The molecule has 3 fully saturated rings. The number of ether oxygens (including phenoxy) is 2. The molecule has 0 radical (unpaired) electrons. The molecule has 51 heavy (non-hydrogen) atoms. The number of rotatable bonds is 6. The molecule has 2 saturated carbocycles. The fraction of sp³-hybridized carbons (Fsp3) is 0.541. The minimum Gasteiger partial charge on any atom is -0.472 e. The van der Waals surface area contributed by atoms with Gasteiger partial charge in [-0.05, 0) is 62.5 Å². The number of para-hydroxylation sites is 1. The van der Waals surface area contributed by atoms with Crippen molar-refractivity contribution in [3.63, 3.8) is 0 Å². The molecular formula is C37H47N5O8S. The number of nitrogens with zero attached hydrogens (tertiary/aromatic N) is 2. The van der Waals surface area contributed by atoms with E-state index in [1.165, 1.54) is 11.0 Å². The Hall–Kier alpha value is -4.46. The number of allylic oxidation sites excluding steroid dienone is 1. The molecule has 3 heterocycles. The molecule has 13 nitrogen and oxygen atoms in total. The molecule has 4 amide bonds. The van der Waals surface area contributed by atoms with Crippen LogP contribution >= 0.6 is 0 Å². The molecule has 14 heteroatoms. The van der Waals surface area contributed by atoms with E-state index in [9.17, 15) is 27.6 Å². The number of nitrogens with one attached hydrogen (secondary N) is 3. The van der Waals surface area contributed by atoms with Gasteiger partial charge in [0.1, 0.15) is 23.7 Å². The quantitative estimate of drug-likeness (QED) is 0.373. The fourth-order valence-electron chi connectivity index (χ4n) is 6.77. The van der Waals surface area contributed by atoms with Crippen LogP contribution in [-0.2, 0) is 29.1 Å². The fourth-order valence-corrected chi connectivity index (χ4v) is 8.13. The second-order valence-corrected chi connectivity index (χ2v) is 17.0. The van der Waals surface area contributed by atoms with Crippen LogP contribution in [0.25, 0.3) is 17.0 Å². The molecule has 3 N–H and O–H groups in total. The van der Waals surface area contributed by atoms with Crippen molar-refractivity contribution in [2.75, 3.05) is 13.2 Å². The molecular weight excluding hydrogens is 675 g/mol. The molecule has 0 unspecified atom stereocenters. The molecule has 4 aliphatic rings. The van der Waals surface area contributed by atoms with Crippen LogP contribution in [0.3, 0.4) is 0 Å². The molecule has 2 aliphatic carbocycles. The van der Waals surface area contributed by atoms with E-state index in [0.29, 0.717) is 25.1 Å². The standard InChI is InChI=1S/C37H47N5O8S/c1-5-25-21-37(25,34(45)41-51(47,48)27-16-17-27)40-31(43)29-20-26-22-42(29)33(44)30(36(2,3)4)39-35(46)49-18-12-8-6-7-9-14-24-19-23-13-10-11-15-28(23)38-32(24)50-26/h5,9-11,13-15,19,25-27,29-30H,1,6-8,12,16-18,20-22H2,2-4H3,(H,39,46)(H,40,43)(H,41,45)/t25-,26-,29+,30-,37-/m1/s1. The number of pyridine rings is 1. The van der Waals surface area contributed by atoms with Crippen molar-refractivity contribution in [2.45, 2.75) is 101 Å². The van der Waals surface area contributed by atoms with E-state index < -0.39 is 74.1 Å². The average molecular weight is 722 g/mol. The second kappa shape index (κ2) is 14.3. The van der Waals surface area contributed by atoms with Gasteiger partial charge in [-0.1, -0.05) is 57.2 Å². The first kappa shape index (κ1) is 36.3. The van der Waals surface area contributed by atoms with Gasteiger partial charge in [-0.15, -0.1) is 6.58 Å². The molecule has 6 rings (SSSR count). The van der Waals surface area contributed by atoms with Gasteiger partial charge in [0.25, 0.3) is 5.91 Å². The summed E-state index contributed by atoms with van der Waals surface area (Å²) in [6, 6.07) is 7.47. The maximum absolute atomic E-state index is 14.4. The molecule has 1 aromatic carbocycles. The van der Waals surface area contributed by atoms with E-state index in [0.717, 1.165) is 35.7 Å². The normalized spacial score (nSPS) is 27.5. The summed E-state index contributed by atoms with van der Waals surface area (Å²) >= 11 is 0. The smallest absolute Gasteiger partial charge is 0.407 e. The van der Waals surface area contributed by atoms with Gasteiger partial charge in [0, 0.05) is 23.3 Å². The summed E-state index contributed by atoms with van der Waals surface area (Å²) in [6.45, 7) is 9.36. The zero-order valence-corrected chi connectivity index (χ0v) is 30.2. The number of aromatic nitrogens is 1. The van der Waals surface area contributed by atoms with Crippen molar-refractivity contribution < 1.29 is 37.1 Å². The number of sulfonamides is 1. The van der Waals surface area contributed by atoms with Crippen LogP contribution in [0.4, 0.5) is 4.79 Å². The molecule has 1 aromatic heterocycles. The number of cyclic esters (lactones) is 1. The third kappa shape index (κ3) is 8.05. The number of carbonyl (C=O) groups is 4. The highest BCUT2D eigenvalue weighted by atomic mass is 32.2. The van der Waals surface area contributed by atoms with Gasteiger partial charge in [0.2, 0.25) is 27.7 Å². The molecule has 2 bridgehead atoms. The predicted octanol–water partition coefficient (Wildman–Crippen LogP) is 3.98. The minimum absolute atomic E-state index is 0.0158. The molecule has 5 atom stereocenters. The number of fused-ring (bicyclic) bond motifs is 4. The van der Waals surface area contributed by atoms with Crippen LogP contribution in [-0.4, -0.2) is 84.2 Å². The van der Waals surface area contributed by atoms with Gasteiger partial charge in [0.05, 0.1) is 23.9 Å². The minimum atomic E-state index is -3.89. The maximum atomic E-state index is 14.4. The lowest BCUT2D eigenvalue weighted by atomic mass is 9.85. The lowest BCUT2D eigenvalue weighted by molar-refractivity contribution is -0.142. The summed E-state index contributed by atoms with van der Waals surface area (Å²) < 4.78 is 39.5. The zero-order chi connectivity index (χ0) is 36.6. The largest absolute Gasteiger partial charge is 0.472 e. The summed E-state index contributed by atoms with van der Waals surface area (Å²) in [4.78, 5) is 61.3. The van der Waals surface area contributed by atoms with Crippen LogP contribution in [0.5, 0.6) is 5.88 Å². The van der Waals surface area contributed by atoms with E-state index in [-0.39, 0.29) is 26.0 Å². The van der Waals surface area contributed by atoms with Gasteiger partial charge in [-0.3, -0.25) is 19.1 Å². The van der Waals surface area contributed by atoms with E-state index in [2.05, 4.69) is 21.9 Å². The number of hydrogen-bond donors (Lipinski definition) is 3. The number of hydrogen-bond acceptors (Lipinski definition) is 9. The van der Waals surface area contributed by atoms with Gasteiger partial charge in [-0.2, -0.15) is 0 Å². The Morgan fingerprint density at radius 1 is 1.14 bits per heavy atom. The Morgan fingerprint density at radius 3 is 2.61 bits per heavy atom. The highest BCUT2D eigenvalue weighted by Gasteiger charge is 2.62. The van der Waals surface area contributed by atoms with Crippen LogP contribution in [0.15, 0.2) is 49.1 Å². The van der Waals surface area contributed by atoms with E-state index >= 15 is 0 Å². The highest BCUT2D eigenvalue weighted by Crippen LogP contribution is 2.45. The second-order valence-electron chi connectivity index (χ2n) is 15.1.